The van der Waals surface area contributed by atoms with Gasteiger partial charge in [0.05, 0.1) is 21.4 Å². The lowest BCUT2D eigenvalue weighted by Crippen LogP contribution is -1.99. The number of rotatable bonds is 3. The standard InChI is InChI=1S/C14H9N3O4/c18-14(19)9-3-4-12(17(20)21)10-6-11(16-13(9)10)8-2-1-5-15-7-8/h1-7,16H,(H,18,19). The van der Waals surface area contributed by atoms with E-state index in [9.17, 15) is 20.0 Å². The fraction of sp³-hybridized carbons (Fsp3) is 0. The summed E-state index contributed by atoms with van der Waals surface area (Å²) in [5.74, 6) is -1.14. The van der Waals surface area contributed by atoms with Crippen LogP contribution >= 0.6 is 0 Å². The summed E-state index contributed by atoms with van der Waals surface area (Å²) >= 11 is 0. The van der Waals surface area contributed by atoms with Crippen molar-refractivity contribution >= 4 is 22.6 Å². The maximum atomic E-state index is 11.2. The topological polar surface area (TPSA) is 109 Å². The minimum absolute atomic E-state index is 0.00857. The Morgan fingerprint density at radius 1 is 1.33 bits per heavy atom. The van der Waals surface area contributed by atoms with Crippen LogP contribution in [0, 0.1) is 10.1 Å². The van der Waals surface area contributed by atoms with Crippen molar-refractivity contribution < 1.29 is 14.8 Å². The lowest BCUT2D eigenvalue weighted by Gasteiger charge is -1.98. The lowest BCUT2D eigenvalue weighted by molar-refractivity contribution is -0.383. The summed E-state index contributed by atoms with van der Waals surface area (Å²) in [4.78, 5) is 28.7. The van der Waals surface area contributed by atoms with Crippen LogP contribution in [0.15, 0.2) is 42.7 Å². The molecular weight excluding hydrogens is 274 g/mol. The number of non-ortho nitro benzene ring substituents is 1. The van der Waals surface area contributed by atoms with Crippen LogP contribution < -0.4 is 0 Å². The molecule has 0 aliphatic carbocycles. The summed E-state index contributed by atoms with van der Waals surface area (Å²) in [6, 6.07) is 7.51. The van der Waals surface area contributed by atoms with Crippen molar-refractivity contribution in [1.29, 1.82) is 0 Å². The number of aromatic amines is 1. The molecule has 0 unspecified atom stereocenters. The molecule has 3 rings (SSSR count). The SMILES string of the molecule is O=C(O)c1ccc([N+](=O)[O-])c2cc(-c3cccnc3)[nH]c12. The molecule has 0 amide bonds. The van der Waals surface area contributed by atoms with Gasteiger partial charge in [-0.25, -0.2) is 4.79 Å². The fourth-order valence-electron chi connectivity index (χ4n) is 2.22. The van der Waals surface area contributed by atoms with E-state index < -0.39 is 10.9 Å². The Kier molecular flexibility index (Phi) is 2.87. The van der Waals surface area contributed by atoms with Crippen LogP contribution in [0.25, 0.3) is 22.2 Å². The Balaban J connectivity index is 2.32. The maximum absolute atomic E-state index is 11.2. The Hall–Kier alpha value is -3.22. The summed E-state index contributed by atoms with van der Waals surface area (Å²) in [5, 5.41) is 20.5. The van der Waals surface area contributed by atoms with E-state index in [0.29, 0.717) is 5.69 Å². The maximum Gasteiger partial charge on any atom is 0.337 e. The number of aromatic carboxylic acids is 1. The number of nitro groups is 1. The number of benzene rings is 1. The van der Waals surface area contributed by atoms with Crippen molar-refractivity contribution in [3.8, 4) is 11.3 Å². The molecule has 3 aromatic rings. The Bertz CT molecular complexity index is 804. The van der Waals surface area contributed by atoms with Crippen molar-refractivity contribution in [1.82, 2.24) is 9.97 Å². The van der Waals surface area contributed by atoms with Crippen molar-refractivity contribution in [2.75, 3.05) is 0 Å². The highest BCUT2D eigenvalue weighted by Crippen LogP contribution is 2.32. The first-order chi connectivity index (χ1) is 10.1. The van der Waals surface area contributed by atoms with Crippen LogP contribution in [-0.4, -0.2) is 26.0 Å². The van der Waals surface area contributed by atoms with Crippen LogP contribution in [0.1, 0.15) is 10.4 Å². The van der Waals surface area contributed by atoms with E-state index in [1.807, 2.05) is 0 Å². The largest absolute Gasteiger partial charge is 0.478 e. The molecule has 0 saturated heterocycles. The average molecular weight is 283 g/mol. The van der Waals surface area contributed by atoms with Gasteiger partial charge in [-0.15, -0.1) is 0 Å². The zero-order chi connectivity index (χ0) is 15.0. The molecule has 0 aliphatic heterocycles. The highest BCUT2D eigenvalue weighted by atomic mass is 16.6. The first-order valence-corrected chi connectivity index (χ1v) is 6.01. The van der Waals surface area contributed by atoms with Crippen molar-refractivity contribution in [2.45, 2.75) is 0 Å². The summed E-state index contributed by atoms with van der Waals surface area (Å²) in [6.07, 6.45) is 3.20. The molecule has 0 radical (unpaired) electrons. The summed E-state index contributed by atoms with van der Waals surface area (Å²) in [6.45, 7) is 0. The first-order valence-electron chi connectivity index (χ1n) is 6.01. The molecule has 0 aliphatic rings. The van der Waals surface area contributed by atoms with Gasteiger partial charge in [-0.1, -0.05) is 0 Å². The number of carbonyl (C=O) groups is 1. The number of aromatic nitrogens is 2. The Labute approximate surface area is 118 Å². The third-order valence-electron chi connectivity index (χ3n) is 3.17. The molecule has 2 N–H and O–H groups in total. The number of nitrogens with zero attached hydrogens (tertiary/aromatic N) is 2. The van der Waals surface area contributed by atoms with Crippen LogP contribution in [0.5, 0.6) is 0 Å². The number of nitrogens with one attached hydrogen (secondary N) is 1. The number of nitro benzene ring substituents is 1. The van der Waals surface area contributed by atoms with Gasteiger partial charge in [0, 0.05) is 29.7 Å². The van der Waals surface area contributed by atoms with E-state index >= 15 is 0 Å². The highest BCUT2D eigenvalue weighted by Gasteiger charge is 2.20. The second kappa shape index (κ2) is 4.71. The zero-order valence-corrected chi connectivity index (χ0v) is 10.6. The second-order valence-electron chi connectivity index (χ2n) is 4.41. The molecular formula is C14H9N3O4. The minimum atomic E-state index is -1.14. The predicted octanol–water partition coefficient (Wildman–Crippen LogP) is 2.84. The van der Waals surface area contributed by atoms with Crippen molar-refractivity contribution in [3.63, 3.8) is 0 Å². The van der Waals surface area contributed by atoms with Crippen LogP contribution in [-0.2, 0) is 0 Å². The average Bonchev–Trinajstić information content (AvgIpc) is 2.91. The zero-order valence-electron chi connectivity index (χ0n) is 10.6. The van der Waals surface area contributed by atoms with E-state index in [4.69, 9.17) is 0 Å². The molecule has 2 aromatic heterocycles. The third-order valence-corrected chi connectivity index (χ3v) is 3.17. The molecule has 0 fully saturated rings. The van der Waals surface area contributed by atoms with Gasteiger partial charge in [0.2, 0.25) is 0 Å². The number of carboxylic acid groups (broad SMARTS) is 1. The van der Waals surface area contributed by atoms with Crippen molar-refractivity contribution in [2.24, 2.45) is 0 Å². The lowest BCUT2D eigenvalue weighted by atomic mass is 10.1. The summed E-state index contributed by atoms with van der Waals surface area (Å²) in [5.41, 5.74) is 1.39. The van der Waals surface area contributed by atoms with Gasteiger partial charge in [-0.05, 0) is 24.3 Å². The molecule has 0 spiro atoms. The van der Waals surface area contributed by atoms with E-state index in [1.165, 1.54) is 12.1 Å². The molecule has 104 valence electrons. The monoisotopic (exact) mass is 283 g/mol. The molecule has 7 heteroatoms. The van der Waals surface area contributed by atoms with Crippen molar-refractivity contribution in [3.05, 3.63) is 58.4 Å². The number of pyridine rings is 1. The van der Waals surface area contributed by atoms with Crippen LogP contribution in [0.3, 0.4) is 0 Å². The van der Waals surface area contributed by atoms with Gasteiger partial charge in [0.15, 0.2) is 0 Å². The summed E-state index contributed by atoms with van der Waals surface area (Å²) < 4.78 is 0. The van der Waals surface area contributed by atoms with Gasteiger partial charge in [-0.3, -0.25) is 15.1 Å². The van der Waals surface area contributed by atoms with Crippen LogP contribution in [0.4, 0.5) is 5.69 Å². The van der Waals surface area contributed by atoms with Gasteiger partial charge in [0.1, 0.15) is 0 Å². The van der Waals surface area contributed by atoms with E-state index in [1.54, 1.807) is 30.6 Å². The van der Waals surface area contributed by atoms with E-state index in [2.05, 4.69) is 9.97 Å². The summed E-state index contributed by atoms with van der Waals surface area (Å²) in [7, 11) is 0. The Morgan fingerprint density at radius 3 is 2.76 bits per heavy atom. The van der Waals surface area contributed by atoms with Gasteiger partial charge in [0.25, 0.3) is 5.69 Å². The highest BCUT2D eigenvalue weighted by molar-refractivity contribution is 6.06. The second-order valence-corrected chi connectivity index (χ2v) is 4.41. The molecule has 2 heterocycles. The predicted molar refractivity (Wildman–Crippen MR) is 75.1 cm³/mol. The number of carboxylic acids is 1. The molecule has 7 nitrogen and oxygen atoms in total. The first kappa shape index (κ1) is 12.8. The van der Waals surface area contributed by atoms with Gasteiger partial charge < -0.3 is 10.1 Å². The third kappa shape index (κ3) is 2.10. The quantitative estimate of drug-likeness (QED) is 0.567. The number of fused-ring (bicyclic) bond motifs is 1. The number of H-pyrrole nitrogens is 1. The van der Waals surface area contributed by atoms with Gasteiger partial charge in [-0.2, -0.15) is 0 Å². The van der Waals surface area contributed by atoms with E-state index in [0.717, 1.165) is 5.56 Å². The fourth-order valence-corrected chi connectivity index (χ4v) is 2.22. The van der Waals surface area contributed by atoms with Gasteiger partial charge >= 0.3 is 5.97 Å². The molecule has 0 atom stereocenters. The van der Waals surface area contributed by atoms with Crippen LogP contribution in [0.2, 0.25) is 0 Å². The Morgan fingerprint density at radius 2 is 2.14 bits per heavy atom. The molecule has 21 heavy (non-hydrogen) atoms. The minimum Gasteiger partial charge on any atom is -0.478 e. The molecule has 1 aromatic carbocycles. The van der Waals surface area contributed by atoms with E-state index in [-0.39, 0.29) is 22.2 Å². The smallest absolute Gasteiger partial charge is 0.337 e. The number of hydrogen-bond acceptors (Lipinski definition) is 4. The normalized spacial score (nSPS) is 10.7. The molecule has 0 bridgehead atoms. The molecule has 0 saturated carbocycles. The number of hydrogen-bond donors (Lipinski definition) is 2.